The molecule has 0 aliphatic rings. The summed E-state index contributed by atoms with van der Waals surface area (Å²) < 4.78 is 0. The van der Waals surface area contributed by atoms with E-state index in [9.17, 15) is 0 Å². The van der Waals surface area contributed by atoms with Gasteiger partial charge in [0.1, 0.15) is 11.9 Å². The van der Waals surface area contributed by atoms with Crippen molar-refractivity contribution < 1.29 is 0 Å². The van der Waals surface area contributed by atoms with Gasteiger partial charge in [0.2, 0.25) is 0 Å². The molecule has 104 valence electrons. The second-order valence-electron chi connectivity index (χ2n) is 5.13. The Hall–Kier alpha value is -1.80. The summed E-state index contributed by atoms with van der Waals surface area (Å²) in [7, 11) is 0. The van der Waals surface area contributed by atoms with Gasteiger partial charge in [0.25, 0.3) is 0 Å². The van der Waals surface area contributed by atoms with Crippen molar-refractivity contribution in [1.82, 2.24) is 9.88 Å². The Morgan fingerprint density at radius 1 is 1.37 bits per heavy atom. The fourth-order valence-corrected chi connectivity index (χ4v) is 2.11. The highest BCUT2D eigenvalue weighted by Crippen LogP contribution is 2.15. The number of rotatable bonds is 6. The van der Waals surface area contributed by atoms with Crippen LogP contribution in [-0.2, 0) is 0 Å². The van der Waals surface area contributed by atoms with E-state index >= 15 is 0 Å². The van der Waals surface area contributed by atoms with E-state index in [2.05, 4.69) is 42.9 Å². The maximum atomic E-state index is 8.75. The SMILES string of the molecule is CC(C)N(CCNc1ncc(C#N)cc1N)C(C)C. The Morgan fingerprint density at radius 2 is 2.00 bits per heavy atom. The number of nitrogen functional groups attached to an aromatic ring is 1. The van der Waals surface area contributed by atoms with Crippen LogP contribution in [0.3, 0.4) is 0 Å². The van der Waals surface area contributed by atoms with Crippen LogP contribution in [-0.4, -0.2) is 35.1 Å². The number of nitriles is 1. The molecule has 0 amide bonds. The van der Waals surface area contributed by atoms with Crippen molar-refractivity contribution in [2.24, 2.45) is 0 Å². The standard InChI is InChI=1S/C14H23N5/c1-10(2)19(11(3)4)6-5-17-14-13(16)7-12(8-15)9-18-14/h7,9-11H,5-6,16H2,1-4H3,(H,17,18). The van der Waals surface area contributed by atoms with Crippen LogP contribution in [0.25, 0.3) is 0 Å². The molecular weight excluding hydrogens is 238 g/mol. The molecule has 1 rings (SSSR count). The number of nitrogens with zero attached hydrogens (tertiary/aromatic N) is 3. The number of anilines is 2. The van der Waals surface area contributed by atoms with E-state index in [1.807, 2.05) is 6.07 Å². The number of hydrogen-bond acceptors (Lipinski definition) is 5. The average molecular weight is 261 g/mol. The third kappa shape index (κ3) is 4.42. The van der Waals surface area contributed by atoms with Gasteiger partial charge in [-0.1, -0.05) is 0 Å². The fourth-order valence-electron chi connectivity index (χ4n) is 2.11. The van der Waals surface area contributed by atoms with Gasteiger partial charge in [-0.3, -0.25) is 4.90 Å². The molecular formula is C14H23N5. The third-order valence-electron chi connectivity index (χ3n) is 3.04. The highest BCUT2D eigenvalue weighted by atomic mass is 15.2. The summed E-state index contributed by atoms with van der Waals surface area (Å²) in [5, 5.41) is 12.0. The van der Waals surface area contributed by atoms with Gasteiger partial charge in [-0.15, -0.1) is 0 Å². The zero-order valence-electron chi connectivity index (χ0n) is 12.1. The Bertz CT molecular complexity index is 440. The molecule has 1 heterocycles. The zero-order valence-corrected chi connectivity index (χ0v) is 12.1. The molecule has 0 fully saturated rings. The molecule has 1 aromatic rings. The average Bonchev–Trinajstić information content (AvgIpc) is 2.35. The summed E-state index contributed by atoms with van der Waals surface area (Å²) in [4.78, 5) is 6.55. The molecule has 3 N–H and O–H groups in total. The molecule has 1 aromatic heterocycles. The van der Waals surface area contributed by atoms with Crippen LogP contribution in [0, 0.1) is 11.3 Å². The monoisotopic (exact) mass is 261 g/mol. The summed E-state index contributed by atoms with van der Waals surface area (Å²) in [5.74, 6) is 0.645. The first-order valence-electron chi connectivity index (χ1n) is 6.61. The van der Waals surface area contributed by atoms with Crippen LogP contribution in [0.1, 0.15) is 33.3 Å². The normalized spacial score (nSPS) is 11.1. The van der Waals surface area contributed by atoms with Crippen molar-refractivity contribution in [3.63, 3.8) is 0 Å². The Balaban J connectivity index is 2.56. The summed E-state index contributed by atoms with van der Waals surface area (Å²) in [6.07, 6.45) is 1.53. The minimum absolute atomic E-state index is 0.481. The van der Waals surface area contributed by atoms with Crippen molar-refractivity contribution in [1.29, 1.82) is 5.26 Å². The van der Waals surface area contributed by atoms with Crippen LogP contribution < -0.4 is 11.1 Å². The third-order valence-corrected chi connectivity index (χ3v) is 3.04. The Morgan fingerprint density at radius 3 is 2.47 bits per heavy atom. The molecule has 5 nitrogen and oxygen atoms in total. The lowest BCUT2D eigenvalue weighted by Gasteiger charge is -2.30. The van der Waals surface area contributed by atoms with E-state index in [4.69, 9.17) is 11.0 Å². The molecule has 19 heavy (non-hydrogen) atoms. The highest BCUT2D eigenvalue weighted by Gasteiger charge is 2.12. The molecule has 0 spiro atoms. The van der Waals surface area contributed by atoms with Gasteiger partial charge < -0.3 is 11.1 Å². The van der Waals surface area contributed by atoms with Gasteiger partial charge >= 0.3 is 0 Å². The maximum Gasteiger partial charge on any atom is 0.149 e. The quantitative estimate of drug-likeness (QED) is 0.819. The van der Waals surface area contributed by atoms with E-state index < -0.39 is 0 Å². The predicted molar refractivity (Wildman–Crippen MR) is 78.8 cm³/mol. The van der Waals surface area contributed by atoms with Crippen molar-refractivity contribution in [3.8, 4) is 6.07 Å². The topological polar surface area (TPSA) is 78.0 Å². The highest BCUT2D eigenvalue weighted by molar-refractivity contribution is 5.62. The van der Waals surface area contributed by atoms with Crippen molar-refractivity contribution in [3.05, 3.63) is 17.8 Å². The second-order valence-corrected chi connectivity index (χ2v) is 5.13. The number of pyridine rings is 1. The van der Waals surface area contributed by atoms with Crippen LogP contribution in [0.15, 0.2) is 12.3 Å². The first-order chi connectivity index (χ1) is 8.95. The Kier molecular flexibility index (Phi) is 5.58. The largest absolute Gasteiger partial charge is 0.396 e. The van der Waals surface area contributed by atoms with E-state index in [0.29, 0.717) is 29.2 Å². The number of aromatic nitrogens is 1. The number of nitrogens with two attached hydrogens (primary N) is 1. The van der Waals surface area contributed by atoms with Crippen molar-refractivity contribution >= 4 is 11.5 Å². The van der Waals surface area contributed by atoms with E-state index in [0.717, 1.165) is 13.1 Å². The summed E-state index contributed by atoms with van der Waals surface area (Å²) >= 11 is 0. The molecule has 0 aliphatic heterocycles. The van der Waals surface area contributed by atoms with Gasteiger partial charge in [0, 0.05) is 31.4 Å². The molecule has 5 heteroatoms. The van der Waals surface area contributed by atoms with Crippen molar-refractivity contribution in [2.75, 3.05) is 24.1 Å². The minimum Gasteiger partial charge on any atom is -0.396 e. The van der Waals surface area contributed by atoms with Gasteiger partial charge in [-0.05, 0) is 33.8 Å². The van der Waals surface area contributed by atoms with E-state index in [-0.39, 0.29) is 0 Å². The van der Waals surface area contributed by atoms with Crippen LogP contribution >= 0.6 is 0 Å². The maximum absolute atomic E-state index is 8.75. The summed E-state index contributed by atoms with van der Waals surface area (Å²) in [6, 6.07) is 4.67. The van der Waals surface area contributed by atoms with Gasteiger partial charge in [0.05, 0.1) is 11.3 Å². The van der Waals surface area contributed by atoms with Gasteiger partial charge in [-0.2, -0.15) is 5.26 Å². The first kappa shape index (κ1) is 15.3. The molecule has 0 unspecified atom stereocenters. The molecule has 0 radical (unpaired) electrons. The summed E-state index contributed by atoms with van der Waals surface area (Å²) in [6.45, 7) is 10.5. The molecule has 0 aliphatic carbocycles. The van der Waals surface area contributed by atoms with E-state index in [1.165, 1.54) is 6.20 Å². The molecule has 0 aromatic carbocycles. The van der Waals surface area contributed by atoms with Gasteiger partial charge in [-0.25, -0.2) is 4.98 Å². The molecule has 0 saturated heterocycles. The Labute approximate surface area is 115 Å². The summed E-state index contributed by atoms with van der Waals surface area (Å²) in [5.41, 5.74) is 6.84. The molecule has 0 bridgehead atoms. The lowest BCUT2D eigenvalue weighted by molar-refractivity contribution is 0.182. The second kappa shape index (κ2) is 6.95. The van der Waals surface area contributed by atoms with Crippen molar-refractivity contribution in [2.45, 2.75) is 39.8 Å². The lowest BCUT2D eigenvalue weighted by atomic mass is 10.2. The predicted octanol–water partition coefficient (Wildman–Crippen LogP) is 2.07. The fraction of sp³-hybridized carbons (Fsp3) is 0.571. The molecule has 0 saturated carbocycles. The van der Waals surface area contributed by atoms with Crippen LogP contribution in [0.4, 0.5) is 11.5 Å². The number of nitrogens with one attached hydrogen (secondary N) is 1. The lowest BCUT2D eigenvalue weighted by Crippen LogP contribution is -2.40. The van der Waals surface area contributed by atoms with Crippen LogP contribution in [0.2, 0.25) is 0 Å². The first-order valence-corrected chi connectivity index (χ1v) is 6.61. The molecule has 0 atom stereocenters. The minimum atomic E-state index is 0.481. The smallest absolute Gasteiger partial charge is 0.149 e. The van der Waals surface area contributed by atoms with E-state index in [1.54, 1.807) is 6.07 Å². The van der Waals surface area contributed by atoms with Crippen LogP contribution in [0.5, 0.6) is 0 Å². The zero-order chi connectivity index (χ0) is 14.4. The number of hydrogen-bond donors (Lipinski definition) is 2. The van der Waals surface area contributed by atoms with Gasteiger partial charge in [0.15, 0.2) is 0 Å².